The van der Waals surface area contributed by atoms with Crippen molar-refractivity contribution in [3.63, 3.8) is 0 Å². The molecule has 9 heteroatoms. The topological polar surface area (TPSA) is 88.8 Å². The first-order chi connectivity index (χ1) is 21.8. The molecule has 4 aromatic rings. The zero-order valence-corrected chi connectivity index (χ0v) is 26.6. The minimum atomic E-state index is -0.773. The van der Waals surface area contributed by atoms with Gasteiger partial charge in [0, 0.05) is 71.9 Å². The lowest BCUT2D eigenvalue weighted by molar-refractivity contribution is -0.131. The van der Waals surface area contributed by atoms with E-state index in [1.807, 2.05) is 103 Å². The van der Waals surface area contributed by atoms with Crippen molar-refractivity contribution < 1.29 is 14.4 Å². The van der Waals surface area contributed by atoms with Crippen LogP contribution in [0.5, 0.6) is 0 Å². The first-order valence-electron chi connectivity index (χ1n) is 15.7. The van der Waals surface area contributed by atoms with Crippen LogP contribution < -0.4 is 10.2 Å². The molecule has 1 fully saturated rings. The fourth-order valence-corrected chi connectivity index (χ4v) is 7.11. The smallest absolute Gasteiger partial charge is 0.253 e. The van der Waals surface area contributed by atoms with Gasteiger partial charge >= 0.3 is 0 Å². The van der Waals surface area contributed by atoms with E-state index in [4.69, 9.17) is 11.6 Å². The number of halogens is 1. The maximum Gasteiger partial charge on any atom is 0.253 e. The van der Waals surface area contributed by atoms with Gasteiger partial charge in [-0.3, -0.25) is 14.4 Å². The third-order valence-electron chi connectivity index (χ3n) is 9.10. The fourth-order valence-electron chi connectivity index (χ4n) is 6.87. The number of anilines is 1. The monoisotopic (exact) mass is 625 g/mol. The van der Waals surface area contributed by atoms with Gasteiger partial charge in [-0.05, 0) is 80.7 Å². The lowest BCUT2D eigenvalue weighted by Gasteiger charge is -2.38. The van der Waals surface area contributed by atoms with Gasteiger partial charge < -0.3 is 25.0 Å². The van der Waals surface area contributed by atoms with E-state index in [9.17, 15) is 14.4 Å². The molecule has 0 aliphatic carbocycles. The van der Waals surface area contributed by atoms with Crippen molar-refractivity contribution in [3.05, 3.63) is 101 Å². The maximum absolute atomic E-state index is 14.6. The molecule has 3 heterocycles. The summed E-state index contributed by atoms with van der Waals surface area (Å²) in [7, 11) is 4.07. The number of piperidine rings is 1. The second kappa shape index (κ2) is 13.5. The highest BCUT2D eigenvalue weighted by Crippen LogP contribution is 2.36. The molecule has 2 aliphatic rings. The summed E-state index contributed by atoms with van der Waals surface area (Å²) in [5, 5.41) is 4.86. The fraction of sp³-hybridized carbons (Fsp3) is 0.361. The van der Waals surface area contributed by atoms with Crippen molar-refractivity contribution in [2.45, 2.75) is 31.7 Å². The number of fused-ring (bicyclic) bond motifs is 2. The summed E-state index contributed by atoms with van der Waals surface area (Å²) < 4.78 is 0. The van der Waals surface area contributed by atoms with Crippen LogP contribution in [0.1, 0.15) is 34.3 Å². The van der Waals surface area contributed by atoms with E-state index >= 15 is 0 Å². The van der Waals surface area contributed by atoms with Crippen molar-refractivity contribution in [1.82, 2.24) is 20.1 Å². The van der Waals surface area contributed by atoms with Gasteiger partial charge in [0.15, 0.2) is 0 Å². The molecule has 1 aromatic heterocycles. The Hall–Kier alpha value is -4.14. The van der Waals surface area contributed by atoms with Crippen LogP contribution in [0.2, 0.25) is 5.02 Å². The molecule has 0 bridgehead atoms. The summed E-state index contributed by atoms with van der Waals surface area (Å²) in [4.78, 5) is 50.5. The quantitative estimate of drug-likeness (QED) is 0.283. The molecule has 234 valence electrons. The summed E-state index contributed by atoms with van der Waals surface area (Å²) in [5.74, 6) is -0.387. The first-order valence-corrected chi connectivity index (χ1v) is 16.1. The number of para-hydroxylation sites is 1. The van der Waals surface area contributed by atoms with E-state index < -0.39 is 6.04 Å². The van der Waals surface area contributed by atoms with Gasteiger partial charge in [0.05, 0.1) is 0 Å². The average Bonchev–Trinajstić information content (AvgIpc) is 3.46. The summed E-state index contributed by atoms with van der Waals surface area (Å²) in [6, 6.07) is 22.2. The zero-order chi connectivity index (χ0) is 31.5. The number of carbonyl (C=O) groups is 3. The maximum atomic E-state index is 14.6. The van der Waals surface area contributed by atoms with Crippen LogP contribution in [0.15, 0.2) is 79.0 Å². The largest absolute Gasteiger partial charge is 0.361 e. The number of H-pyrrole nitrogens is 1. The summed E-state index contributed by atoms with van der Waals surface area (Å²) >= 11 is 6.68. The average molecular weight is 626 g/mol. The Bertz CT molecular complexity index is 1680. The number of amides is 3. The third kappa shape index (κ3) is 6.77. The van der Waals surface area contributed by atoms with Gasteiger partial charge in [-0.1, -0.05) is 54.1 Å². The molecule has 2 N–H and O–H groups in total. The van der Waals surface area contributed by atoms with E-state index in [1.165, 1.54) is 0 Å². The van der Waals surface area contributed by atoms with Crippen LogP contribution in [-0.2, 0) is 22.4 Å². The lowest BCUT2D eigenvalue weighted by atomic mass is 9.90. The molecule has 6 rings (SSSR count). The number of nitrogens with zero attached hydrogens (tertiary/aromatic N) is 3. The lowest BCUT2D eigenvalue weighted by Crippen LogP contribution is -2.54. The molecule has 8 nitrogen and oxygen atoms in total. The molecular weight excluding hydrogens is 586 g/mol. The summed E-state index contributed by atoms with van der Waals surface area (Å²) in [5.41, 5.74) is 4.40. The Kier molecular flexibility index (Phi) is 9.24. The predicted octanol–water partition coefficient (Wildman–Crippen LogP) is 5.17. The van der Waals surface area contributed by atoms with Gasteiger partial charge in [0.2, 0.25) is 11.8 Å². The zero-order valence-electron chi connectivity index (χ0n) is 25.8. The van der Waals surface area contributed by atoms with Crippen LogP contribution in [-0.4, -0.2) is 78.8 Å². The van der Waals surface area contributed by atoms with Crippen molar-refractivity contribution >= 4 is 45.9 Å². The van der Waals surface area contributed by atoms with Crippen molar-refractivity contribution in [2.24, 2.45) is 11.8 Å². The van der Waals surface area contributed by atoms with E-state index in [2.05, 4.69) is 15.2 Å². The number of nitrogens with one attached hydrogen (secondary N) is 2. The van der Waals surface area contributed by atoms with E-state index in [1.54, 1.807) is 0 Å². The van der Waals surface area contributed by atoms with Crippen molar-refractivity contribution in [1.29, 1.82) is 0 Å². The number of aromatic nitrogens is 1. The van der Waals surface area contributed by atoms with Gasteiger partial charge in [-0.2, -0.15) is 0 Å². The van der Waals surface area contributed by atoms with Gasteiger partial charge in [0.25, 0.3) is 5.91 Å². The second-order valence-electron chi connectivity index (χ2n) is 12.6. The van der Waals surface area contributed by atoms with Crippen LogP contribution >= 0.6 is 11.6 Å². The predicted molar refractivity (Wildman–Crippen MR) is 179 cm³/mol. The Labute approximate surface area is 269 Å². The summed E-state index contributed by atoms with van der Waals surface area (Å²) in [6.07, 6.45) is 4.17. The standard InChI is InChI=1S/C36H40ClN5O3/c1-40(2)22-24-19-29-30(37)12-8-14-33(29)42(23-24)36(45)32(20-27-21-38-31-13-7-6-11-28(27)31)39-34(43)25-15-17-41(18-16-25)35(44)26-9-4-3-5-10-26/h3-14,21,24-25,32,38H,15-20,22-23H2,1-2H3,(H,39,43)/t24-,32-/m1/s1. The number of rotatable bonds is 8. The molecule has 2 aliphatic heterocycles. The number of carbonyl (C=O) groups excluding carboxylic acids is 3. The van der Waals surface area contributed by atoms with Crippen LogP contribution in [0.3, 0.4) is 0 Å². The number of likely N-dealkylation sites (tertiary alicyclic amines) is 1. The first kappa shape index (κ1) is 30.9. The van der Waals surface area contributed by atoms with Crippen LogP contribution in [0, 0.1) is 11.8 Å². The molecular formula is C36H40ClN5O3. The van der Waals surface area contributed by atoms with Crippen molar-refractivity contribution in [3.8, 4) is 0 Å². The highest BCUT2D eigenvalue weighted by Gasteiger charge is 2.36. The molecule has 2 atom stereocenters. The molecule has 0 saturated carbocycles. The van der Waals surface area contributed by atoms with Crippen LogP contribution in [0.25, 0.3) is 10.9 Å². The Morgan fingerprint density at radius 2 is 1.71 bits per heavy atom. The SMILES string of the molecule is CN(C)C[C@H]1Cc2c(Cl)cccc2N(C(=O)[C@@H](Cc2c[nH]c3ccccc23)NC(=O)C2CCN(C(=O)c3ccccc3)CC2)C1. The highest BCUT2D eigenvalue weighted by atomic mass is 35.5. The van der Waals surface area contributed by atoms with Gasteiger partial charge in [-0.15, -0.1) is 0 Å². The minimum absolute atomic E-state index is 0.0171. The number of benzene rings is 3. The van der Waals surface area contributed by atoms with E-state index in [0.717, 1.165) is 40.7 Å². The highest BCUT2D eigenvalue weighted by molar-refractivity contribution is 6.32. The molecule has 1 saturated heterocycles. The molecule has 0 spiro atoms. The van der Waals surface area contributed by atoms with Crippen molar-refractivity contribution in [2.75, 3.05) is 45.2 Å². The molecule has 3 amide bonds. The molecule has 45 heavy (non-hydrogen) atoms. The second-order valence-corrected chi connectivity index (χ2v) is 13.0. The van der Waals surface area contributed by atoms with E-state index in [-0.39, 0.29) is 29.6 Å². The number of hydrogen-bond donors (Lipinski definition) is 2. The van der Waals surface area contributed by atoms with Crippen LogP contribution in [0.4, 0.5) is 5.69 Å². The minimum Gasteiger partial charge on any atom is -0.361 e. The van der Waals surface area contributed by atoms with Gasteiger partial charge in [-0.25, -0.2) is 0 Å². The number of aromatic amines is 1. The Morgan fingerprint density at radius 1 is 0.978 bits per heavy atom. The molecule has 3 aromatic carbocycles. The molecule has 0 radical (unpaired) electrons. The third-order valence-corrected chi connectivity index (χ3v) is 9.45. The van der Waals surface area contributed by atoms with E-state index in [0.29, 0.717) is 49.5 Å². The number of hydrogen-bond acceptors (Lipinski definition) is 4. The Morgan fingerprint density at radius 3 is 2.47 bits per heavy atom. The Balaban J connectivity index is 1.24. The molecule has 0 unspecified atom stereocenters. The van der Waals surface area contributed by atoms with Gasteiger partial charge in [0.1, 0.15) is 6.04 Å². The normalized spacial score (nSPS) is 17.7. The summed E-state index contributed by atoms with van der Waals surface area (Å²) in [6.45, 7) is 2.35.